The quantitative estimate of drug-likeness (QED) is 0.646. The zero-order valence-corrected chi connectivity index (χ0v) is 9.41. The number of ether oxygens (including phenoxy) is 2. The summed E-state index contributed by atoms with van der Waals surface area (Å²) in [7, 11) is 1.31. The highest BCUT2D eigenvalue weighted by Gasteiger charge is 2.09. The lowest BCUT2D eigenvalue weighted by Crippen LogP contribution is -2.12. The molecule has 0 saturated heterocycles. The molecule has 0 radical (unpaired) electrons. The number of nitrogen functional groups attached to an aromatic ring is 1. The van der Waals surface area contributed by atoms with Crippen LogP contribution in [0.4, 0.5) is 5.69 Å². The number of nitrogens with zero attached hydrogens (tertiary/aromatic N) is 1. The van der Waals surface area contributed by atoms with E-state index >= 15 is 0 Å². The Bertz CT molecular complexity index is 524. The smallest absolute Gasteiger partial charge is 0.343 e. The minimum absolute atomic E-state index is 0.149. The molecule has 0 bridgehead atoms. The molecule has 6 heteroatoms. The Labute approximate surface area is 95.9 Å². The number of hydrogen-bond acceptors (Lipinski definition) is 6. The van der Waals surface area contributed by atoms with Gasteiger partial charge in [0.1, 0.15) is 0 Å². The average molecular weight is 238 g/mol. The third-order valence-electron chi connectivity index (χ3n) is 2.02. The van der Waals surface area contributed by atoms with E-state index in [0.717, 1.165) is 10.1 Å². The highest BCUT2D eigenvalue weighted by molar-refractivity contribution is 7.13. The van der Waals surface area contributed by atoms with Crippen LogP contribution in [0.25, 0.3) is 10.1 Å². The lowest BCUT2D eigenvalue weighted by molar-refractivity contribution is -0.142. The minimum Gasteiger partial charge on any atom is -0.466 e. The molecule has 5 nitrogen and oxygen atoms in total. The van der Waals surface area contributed by atoms with Gasteiger partial charge < -0.3 is 15.2 Å². The molecule has 0 fully saturated rings. The van der Waals surface area contributed by atoms with Crippen LogP contribution >= 0.6 is 11.5 Å². The van der Waals surface area contributed by atoms with Gasteiger partial charge in [-0.1, -0.05) is 0 Å². The number of carbonyl (C=O) groups is 1. The van der Waals surface area contributed by atoms with Gasteiger partial charge >= 0.3 is 5.97 Å². The maximum atomic E-state index is 10.9. The van der Waals surface area contributed by atoms with E-state index in [0.29, 0.717) is 11.6 Å². The van der Waals surface area contributed by atoms with Crippen LogP contribution in [0.1, 0.15) is 0 Å². The van der Waals surface area contributed by atoms with E-state index in [-0.39, 0.29) is 6.61 Å². The number of hydrogen-bond donors (Lipinski definition) is 1. The van der Waals surface area contributed by atoms with Crippen LogP contribution in [0.5, 0.6) is 5.88 Å². The summed E-state index contributed by atoms with van der Waals surface area (Å²) in [5.41, 5.74) is 6.30. The van der Waals surface area contributed by atoms with Crippen molar-refractivity contribution in [3.63, 3.8) is 0 Å². The van der Waals surface area contributed by atoms with E-state index in [9.17, 15) is 4.79 Å². The van der Waals surface area contributed by atoms with Gasteiger partial charge in [0.25, 0.3) is 0 Å². The van der Waals surface area contributed by atoms with Crippen LogP contribution in [-0.4, -0.2) is 24.1 Å². The molecule has 0 aliphatic heterocycles. The zero-order valence-electron chi connectivity index (χ0n) is 8.60. The van der Waals surface area contributed by atoms with Crippen LogP contribution in [0.2, 0.25) is 0 Å². The number of aromatic nitrogens is 1. The van der Waals surface area contributed by atoms with Gasteiger partial charge in [-0.15, -0.1) is 0 Å². The third-order valence-corrected chi connectivity index (χ3v) is 2.83. The summed E-state index contributed by atoms with van der Waals surface area (Å²) >= 11 is 1.30. The van der Waals surface area contributed by atoms with Crippen molar-refractivity contribution in [2.75, 3.05) is 19.5 Å². The number of methoxy groups -OCH3 is 1. The summed E-state index contributed by atoms with van der Waals surface area (Å²) in [6, 6.07) is 5.43. The fourth-order valence-corrected chi connectivity index (χ4v) is 1.93. The van der Waals surface area contributed by atoms with Crippen LogP contribution in [-0.2, 0) is 9.53 Å². The Morgan fingerprint density at radius 1 is 1.56 bits per heavy atom. The van der Waals surface area contributed by atoms with Crippen molar-refractivity contribution in [3.8, 4) is 5.88 Å². The van der Waals surface area contributed by atoms with Gasteiger partial charge in [0.2, 0.25) is 5.88 Å². The molecular formula is C10H10N2O3S. The van der Waals surface area contributed by atoms with Gasteiger partial charge in [0, 0.05) is 5.69 Å². The molecule has 1 aromatic heterocycles. The Balaban J connectivity index is 2.24. The average Bonchev–Trinajstić information content (AvgIpc) is 2.68. The molecule has 84 valence electrons. The van der Waals surface area contributed by atoms with Crippen molar-refractivity contribution in [2.24, 2.45) is 0 Å². The predicted molar refractivity (Wildman–Crippen MR) is 61.5 cm³/mol. The molecule has 16 heavy (non-hydrogen) atoms. The molecule has 2 N–H and O–H groups in total. The van der Waals surface area contributed by atoms with E-state index in [1.165, 1.54) is 18.6 Å². The van der Waals surface area contributed by atoms with Crippen LogP contribution in [0, 0.1) is 0 Å². The van der Waals surface area contributed by atoms with Crippen molar-refractivity contribution in [2.45, 2.75) is 0 Å². The van der Waals surface area contributed by atoms with Crippen molar-refractivity contribution >= 4 is 33.3 Å². The van der Waals surface area contributed by atoms with Gasteiger partial charge in [-0.05, 0) is 29.7 Å². The summed E-state index contributed by atoms with van der Waals surface area (Å²) in [5, 5.41) is 0.814. The summed E-state index contributed by atoms with van der Waals surface area (Å²) < 4.78 is 14.8. The van der Waals surface area contributed by atoms with Gasteiger partial charge in [-0.3, -0.25) is 0 Å². The monoisotopic (exact) mass is 238 g/mol. The van der Waals surface area contributed by atoms with Crippen molar-refractivity contribution in [1.29, 1.82) is 0 Å². The molecule has 2 rings (SSSR count). The van der Waals surface area contributed by atoms with Crippen LogP contribution < -0.4 is 10.5 Å². The lowest BCUT2D eigenvalue weighted by atomic mass is 10.2. The number of benzene rings is 1. The molecule has 0 saturated carbocycles. The highest BCUT2D eigenvalue weighted by atomic mass is 32.1. The Hall–Kier alpha value is -1.82. The second-order valence-corrected chi connectivity index (χ2v) is 3.91. The number of rotatable bonds is 3. The number of carbonyl (C=O) groups excluding carboxylic acids is 1. The van der Waals surface area contributed by atoms with E-state index in [1.807, 2.05) is 6.07 Å². The SMILES string of the molecule is COC(=O)COc1nsc2ccc(N)cc12. The van der Waals surface area contributed by atoms with Gasteiger partial charge in [-0.2, -0.15) is 4.37 Å². The second-order valence-electron chi connectivity index (χ2n) is 3.11. The normalized spacial score (nSPS) is 10.3. The number of nitrogens with two attached hydrogens (primary N) is 1. The van der Waals surface area contributed by atoms with E-state index < -0.39 is 5.97 Å². The largest absolute Gasteiger partial charge is 0.466 e. The van der Waals surface area contributed by atoms with Crippen molar-refractivity contribution in [1.82, 2.24) is 4.37 Å². The number of esters is 1. The minimum atomic E-state index is -0.440. The fraction of sp³-hybridized carbons (Fsp3) is 0.200. The summed E-state index contributed by atoms with van der Waals surface area (Å²) in [6.45, 7) is -0.149. The first-order chi connectivity index (χ1) is 7.70. The fourth-order valence-electron chi connectivity index (χ4n) is 1.22. The van der Waals surface area contributed by atoms with E-state index in [1.54, 1.807) is 12.1 Å². The second kappa shape index (κ2) is 4.36. The van der Waals surface area contributed by atoms with Crippen molar-refractivity contribution < 1.29 is 14.3 Å². The molecule has 0 aliphatic carbocycles. The Morgan fingerprint density at radius 2 is 2.38 bits per heavy atom. The summed E-state index contributed by atoms with van der Waals surface area (Å²) in [5.74, 6) is -0.0252. The molecule has 0 aliphatic rings. The number of fused-ring (bicyclic) bond motifs is 1. The van der Waals surface area contributed by atoms with Gasteiger partial charge in [0.15, 0.2) is 6.61 Å². The van der Waals surface area contributed by atoms with Gasteiger partial charge in [0.05, 0.1) is 17.2 Å². The van der Waals surface area contributed by atoms with E-state index in [2.05, 4.69) is 9.11 Å². The molecular weight excluding hydrogens is 228 g/mol. The van der Waals surface area contributed by atoms with Crippen molar-refractivity contribution in [3.05, 3.63) is 18.2 Å². The topological polar surface area (TPSA) is 74.4 Å². The first-order valence-corrected chi connectivity index (χ1v) is 5.32. The number of anilines is 1. The van der Waals surface area contributed by atoms with Crippen LogP contribution in [0.15, 0.2) is 18.2 Å². The molecule has 0 unspecified atom stereocenters. The first-order valence-electron chi connectivity index (χ1n) is 4.55. The van der Waals surface area contributed by atoms with E-state index in [4.69, 9.17) is 10.5 Å². The Kier molecular flexibility index (Phi) is 2.91. The summed E-state index contributed by atoms with van der Waals surface area (Å²) in [6.07, 6.45) is 0. The van der Waals surface area contributed by atoms with Gasteiger partial charge in [-0.25, -0.2) is 4.79 Å². The maximum absolute atomic E-state index is 10.9. The Morgan fingerprint density at radius 3 is 3.12 bits per heavy atom. The molecule has 0 amide bonds. The highest BCUT2D eigenvalue weighted by Crippen LogP contribution is 2.30. The lowest BCUT2D eigenvalue weighted by Gasteiger charge is -2.01. The standard InChI is InChI=1S/C10H10N2O3S/c1-14-9(13)5-15-10-7-4-6(11)2-3-8(7)16-12-10/h2-4H,5,11H2,1H3. The molecule has 0 atom stereocenters. The molecule has 1 heterocycles. The molecule has 0 spiro atoms. The molecule has 1 aromatic carbocycles. The molecule has 2 aromatic rings. The third kappa shape index (κ3) is 2.06. The summed E-state index contributed by atoms with van der Waals surface area (Å²) in [4.78, 5) is 10.9. The zero-order chi connectivity index (χ0) is 11.5. The maximum Gasteiger partial charge on any atom is 0.343 e. The predicted octanol–water partition coefficient (Wildman–Crippen LogP) is 1.43. The van der Waals surface area contributed by atoms with Crippen LogP contribution in [0.3, 0.4) is 0 Å². The first kappa shape index (κ1) is 10.7.